The third-order valence-electron chi connectivity index (χ3n) is 6.62. The molecule has 0 aliphatic carbocycles. The van der Waals surface area contributed by atoms with Gasteiger partial charge in [0.15, 0.2) is 12.4 Å². The molecule has 176 valence electrons. The first-order valence-corrected chi connectivity index (χ1v) is 11.8. The molecule has 0 unspecified atom stereocenters. The van der Waals surface area contributed by atoms with Crippen molar-refractivity contribution in [2.75, 3.05) is 11.5 Å². The molecule has 6 heteroatoms. The molecule has 0 fully saturated rings. The molecule has 0 spiro atoms. The number of pyridine rings is 1. The topological polar surface area (TPSA) is 60.2 Å². The third kappa shape index (κ3) is 3.64. The summed E-state index contributed by atoms with van der Waals surface area (Å²) in [4.78, 5) is 23.4. The number of rotatable bonds is 6. The highest BCUT2D eigenvalue weighted by molar-refractivity contribution is 5.97. The number of fused-ring (bicyclic) bond motifs is 1. The van der Waals surface area contributed by atoms with Crippen molar-refractivity contribution >= 4 is 11.6 Å². The van der Waals surface area contributed by atoms with E-state index in [9.17, 15) is 4.79 Å². The summed E-state index contributed by atoms with van der Waals surface area (Å²) >= 11 is 0. The Kier molecular flexibility index (Phi) is 5.54. The highest BCUT2D eigenvalue weighted by Gasteiger charge is 2.38. The molecule has 0 saturated heterocycles. The first-order valence-electron chi connectivity index (χ1n) is 11.8. The third-order valence-corrected chi connectivity index (χ3v) is 6.62. The molecule has 2 aromatic heterocycles. The average Bonchev–Trinajstić information content (AvgIpc) is 3.41. The number of benzene rings is 3. The maximum Gasteiger partial charge on any atom is 0.265 e. The minimum Gasteiger partial charge on any atom is -0.480 e. The number of hydrogen-bond donors (Lipinski definition) is 0. The predicted molar refractivity (Wildman–Crippen MR) is 138 cm³/mol. The Morgan fingerprint density at radius 1 is 0.806 bits per heavy atom. The molecule has 0 saturated carbocycles. The maximum atomic E-state index is 12.8. The summed E-state index contributed by atoms with van der Waals surface area (Å²) in [6.07, 6.45) is 7.20. The predicted octanol–water partition coefficient (Wildman–Crippen LogP) is 5.04. The molecule has 1 aliphatic rings. The summed E-state index contributed by atoms with van der Waals surface area (Å²) < 4.78 is 7.71. The fourth-order valence-electron chi connectivity index (χ4n) is 5.01. The Labute approximate surface area is 209 Å². The van der Waals surface area contributed by atoms with Gasteiger partial charge in [0.25, 0.3) is 5.91 Å². The molecule has 6 rings (SSSR count). The van der Waals surface area contributed by atoms with Crippen LogP contribution in [0, 0.1) is 0 Å². The lowest BCUT2D eigenvalue weighted by Crippen LogP contribution is -2.38. The molecular formula is C30H24N4O2. The minimum atomic E-state index is -0.647. The molecule has 1 aliphatic heterocycles. The summed E-state index contributed by atoms with van der Waals surface area (Å²) in [5, 5.41) is 0. The number of carbonyl (C=O) groups excluding carboxylic acids is 1. The number of imidazole rings is 1. The van der Waals surface area contributed by atoms with E-state index < -0.39 is 5.54 Å². The van der Waals surface area contributed by atoms with Gasteiger partial charge in [-0.2, -0.15) is 0 Å². The smallest absolute Gasteiger partial charge is 0.265 e. The van der Waals surface area contributed by atoms with Gasteiger partial charge >= 0.3 is 0 Å². The van der Waals surface area contributed by atoms with Gasteiger partial charge in [0, 0.05) is 12.4 Å². The monoisotopic (exact) mass is 472 g/mol. The Morgan fingerprint density at radius 2 is 1.39 bits per heavy atom. The number of ether oxygens (including phenoxy) is 1. The zero-order valence-electron chi connectivity index (χ0n) is 19.6. The SMILES string of the molecule is O=C1COc2cnccc2N1Cc1cn(C(c2ccccc2)(c2ccccc2)c2ccccc2)cn1. The van der Waals surface area contributed by atoms with Crippen LogP contribution in [0.5, 0.6) is 5.75 Å². The van der Waals surface area contributed by atoms with Gasteiger partial charge in [0.2, 0.25) is 0 Å². The van der Waals surface area contributed by atoms with Crippen molar-refractivity contribution < 1.29 is 9.53 Å². The van der Waals surface area contributed by atoms with E-state index >= 15 is 0 Å². The molecule has 0 atom stereocenters. The molecule has 0 N–H and O–H groups in total. The summed E-state index contributed by atoms with van der Waals surface area (Å²) in [7, 11) is 0. The largest absolute Gasteiger partial charge is 0.480 e. The number of amides is 1. The average molecular weight is 473 g/mol. The van der Waals surface area contributed by atoms with Crippen LogP contribution in [0.1, 0.15) is 22.4 Å². The molecule has 36 heavy (non-hydrogen) atoms. The van der Waals surface area contributed by atoms with Crippen LogP contribution in [-0.4, -0.2) is 27.0 Å². The lowest BCUT2D eigenvalue weighted by atomic mass is 9.77. The van der Waals surface area contributed by atoms with E-state index in [-0.39, 0.29) is 12.5 Å². The molecule has 6 nitrogen and oxygen atoms in total. The van der Waals surface area contributed by atoms with Gasteiger partial charge in [0.1, 0.15) is 5.54 Å². The van der Waals surface area contributed by atoms with E-state index in [0.29, 0.717) is 18.0 Å². The second kappa shape index (κ2) is 9.15. The van der Waals surface area contributed by atoms with E-state index in [2.05, 4.69) is 82.3 Å². The van der Waals surface area contributed by atoms with E-state index in [1.807, 2.05) is 30.7 Å². The van der Waals surface area contributed by atoms with Gasteiger partial charge in [-0.1, -0.05) is 91.0 Å². The van der Waals surface area contributed by atoms with Crippen molar-refractivity contribution in [3.05, 3.63) is 144 Å². The van der Waals surface area contributed by atoms with Crippen LogP contribution in [0.4, 0.5) is 5.69 Å². The highest BCUT2D eigenvalue weighted by Crippen LogP contribution is 2.41. The number of carbonyl (C=O) groups is 1. The summed E-state index contributed by atoms with van der Waals surface area (Å²) in [5.41, 5.74) is 4.18. The van der Waals surface area contributed by atoms with Crippen LogP contribution < -0.4 is 9.64 Å². The van der Waals surface area contributed by atoms with Gasteiger partial charge in [-0.15, -0.1) is 0 Å². The zero-order valence-corrected chi connectivity index (χ0v) is 19.6. The second-order valence-corrected chi connectivity index (χ2v) is 8.69. The molecule has 3 heterocycles. The second-order valence-electron chi connectivity index (χ2n) is 8.69. The Bertz CT molecular complexity index is 1390. The maximum absolute atomic E-state index is 12.8. The van der Waals surface area contributed by atoms with Crippen LogP contribution >= 0.6 is 0 Å². The van der Waals surface area contributed by atoms with Gasteiger partial charge in [0.05, 0.1) is 30.5 Å². The van der Waals surface area contributed by atoms with E-state index in [1.165, 1.54) is 0 Å². The van der Waals surface area contributed by atoms with Crippen molar-refractivity contribution in [1.29, 1.82) is 0 Å². The fraction of sp³-hybridized carbons (Fsp3) is 0.100. The van der Waals surface area contributed by atoms with Crippen LogP contribution in [-0.2, 0) is 16.9 Å². The summed E-state index contributed by atoms with van der Waals surface area (Å²) in [6, 6.07) is 33.1. The summed E-state index contributed by atoms with van der Waals surface area (Å²) in [6.45, 7) is 0.321. The first kappa shape index (κ1) is 21.8. The number of aromatic nitrogens is 3. The zero-order chi connectivity index (χ0) is 24.4. The fourth-order valence-corrected chi connectivity index (χ4v) is 5.01. The van der Waals surface area contributed by atoms with Crippen molar-refractivity contribution in [2.45, 2.75) is 12.1 Å². The van der Waals surface area contributed by atoms with Crippen LogP contribution in [0.15, 0.2) is 122 Å². The van der Waals surface area contributed by atoms with E-state index in [1.54, 1.807) is 23.4 Å². The van der Waals surface area contributed by atoms with Gasteiger partial charge < -0.3 is 9.30 Å². The van der Waals surface area contributed by atoms with Crippen molar-refractivity contribution in [3.63, 3.8) is 0 Å². The van der Waals surface area contributed by atoms with E-state index in [4.69, 9.17) is 9.72 Å². The van der Waals surface area contributed by atoms with Crippen LogP contribution in [0.25, 0.3) is 0 Å². The number of nitrogens with zero attached hydrogens (tertiary/aromatic N) is 4. The van der Waals surface area contributed by atoms with Gasteiger partial charge in [-0.25, -0.2) is 4.98 Å². The Balaban J connectivity index is 1.50. The number of hydrogen-bond acceptors (Lipinski definition) is 4. The molecule has 3 aromatic carbocycles. The van der Waals surface area contributed by atoms with Crippen molar-refractivity contribution in [1.82, 2.24) is 14.5 Å². The summed E-state index contributed by atoms with van der Waals surface area (Å²) in [5.74, 6) is 0.493. The van der Waals surface area contributed by atoms with E-state index in [0.717, 1.165) is 22.4 Å². The Morgan fingerprint density at radius 3 is 1.97 bits per heavy atom. The van der Waals surface area contributed by atoms with Crippen molar-refractivity contribution in [2.24, 2.45) is 0 Å². The quantitative estimate of drug-likeness (QED) is 0.325. The molecule has 0 bridgehead atoms. The molecule has 5 aromatic rings. The molecule has 0 radical (unpaired) electrons. The van der Waals surface area contributed by atoms with Crippen molar-refractivity contribution in [3.8, 4) is 5.75 Å². The van der Waals surface area contributed by atoms with Gasteiger partial charge in [-0.3, -0.25) is 14.7 Å². The standard InChI is InChI=1S/C30H24N4O2/c35-29-21-36-28-18-31-17-16-27(28)34(29)20-26-19-33(22-32-26)30(23-10-4-1-5-11-23,24-12-6-2-7-13-24)25-14-8-3-9-15-25/h1-19,22H,20-21H2. The van der Waals surface area contributed by atoms with Crippen LogP contribution in [0.2, 0.25) is 0 Å². The molecular weight excluding hydrogens is 448 g/mol. The Hall–Kier alpha value is -4.71. The molecule has 1 amide bonds. The lowest BCUT2D eigenvalue weighted by Gasteiger charge is -2.37. The minimum absolute atomic E-state index is 0.0125. The highest BCUT2D eigenvalue weighted by atomic mass is 16.5. The van der Waals surface area contributed by atoms with Gasteiger partial charge in [-0.05, 0) is 22.8 Å². The first-order chi connectivity index (χ1) is 17.8. The van der Waals surface area contributed by atoms with Crippen LogP contribution in [0.3, 0.4) is 0 Å². The normalized spacial score (nSPS) is 13.2. The lowest BCUT2D eigenvalue weighted by molar-refractivity contribution is -0.121. The number of anilines is 1.